The third kappa shape index (κ3) is 6.35. The van der Waals surface area contributed by atoms with E-state index in [1.807, 2.05) is 47.8 Å². The minimum atomic E-state index is -0.278. The van der Waals surface area contributed by atoms with E-state index in [-0.39, 0.29) is 12.5 Å². The van der Waals surface area contributed by atoms with Crippen molar-refractivity contribution in [3.8, 4) is 28.8 Å². The number of amides is 1. The summed E-state index contributed by atoms with van der Waals surface area (Å²) in [5.41, 5.74) is 3.68. The summed E-state index contributed by atoms with van der Waals surface area (Å²) < 4.78 is 12.1. The molecule has 1 heterocycles. The number of rotatable bonds is 8. The fourth-order valence-electron chi connectivity index (χ4n) is 3.21. The number of allylic oxidation sites excluding steroid dienone is 1. The fraction of sp³-hybridized carbons (Fsp3) is 0.0741. The van der Waals surface area contributed by atoms with Crippen LogP contribution in [0.1, 0.15) is 10.6 Å². The van der Waals surface area contributed by atoms with Gasteiger partial charge in [0.1, 0.15) is 11.1 Å². The van der Waals surface area contributed by atoms with Crippen molar-refractivity contribution in [2.45, 2.75) is 0 Å². The zero-order valence-corrected chi connectivity index (χ0v) is 21.1. The number of anilines is 1. The molecule has 6 nitrogen and oxygen atoms in total. The Kier molecular flexibility index (Phi) is 7.93. The van der Waals surface area contributed by atoms with E-state index in [2.05, 4.69) is 32.3 Å². The Morgan fingerprint density at radius 1 is 1.11 bits per heavy atom. The summed E-state index contributed by atoms with van der Waals surface area (Å²) in [6.45, 7) is -0.165. The van der Waals surface area contributed by atoms with Crippen LogP contribution in [0, 0.1) is 11.3 Å². The molecule has 0 spiro atoms. The molecule has 0 aliphatic carbocycles. The second kappa shape index (κ2) is 11.5. The Morgan fingerprint density at radius 2 is 1.89 bits per heavy atom. The van der Waals surface area contributed by atoms with Crippen molar-refractivity contribution in [2.75, 3.05) is 19.0 Å². The minimum Gasteiger partial charge on any atom is -0.493 e. The highest BCUT2D eigenvalue weighted by Crippen LogP contribution is 2.31. The summed E-state index contributed by atoms with van der Waals surface area (Å²) in [5.74, 6) is 0.607. The molecule has 174 valence electrons. The number of nitrogens with one attached hydrogen (secondary N) is 1. The molecule has 0 saturated heterocycles. The summed E-state index contributed by atoms with van der Waals surface area (Å²) in [7, 11) is 1.52. The van der Waals surface area contributed by atoms with Gasteiger partial charge >= 0.3 is 0 Å². The number of nitrogens with zero attached hydrogens (tertiary/aromatic N) is 2. The van der Waals surface area contributed by atoms with Crippen molar-refractivity contribution in [3.63, 3.8) is 0 Å². The molecule has 4 rings (SSSR count). The molecule has 0 unspecified atom stereocenters. The zero-order chi connectivity index (χ0) is 24.6. The number of thiazole rings is 1. The highest BCUT2D eigenvalue weighted by atomic mass is 79.9. The molecular weight excluding hydrogens is 526 g/mol. The van der Waals surface area contributed by atoms with Gasteiger partial charge in [0.15, 0.2) is 18.1 Å². The van der Waals surface area contributed by atoms with Gasteiger partial charge in [-0.3, -0.25) is 4.79 Å². The van der Waals surface area contributed by atoms with E-state index in [0.717, 1.165) is 21.3 Å². The van der Waals surface area contributed by atoms with E-state index in [1.165, 1.54) is 18.4 Å². The normalized spacial score (nSPS) is 10.9. The van der Waals surface area contributed by atoms with Gasteiger partial charge in [-0.25, -0.2) is 4.98 Å². The lowest BCUT2D eigenvalue weighted by molar-refractivity contribution is -0.118. The number of nitriles is 1. The van der Waals surface area contributed by atoms with Crippen LogP contribution in [-0.2, 0) is 4.79 Å². The Morgan fingerprint density at radius 3 is 2.60 bits per heavy atom. The molecule has 1 amide bonds. The predicted octanol–water partition coefficient (Wildman–Crippen LogP) is 6.66. The number of aromatic nitrogens is 1. The maximum atomic E-state index is 12.2. The van der Waals surface area contributed by atoms with E-state index in [4.69, 9.17) is 9.47 Å². The molecular formula is C27H20BrN3O3S. The van der Waals surface area contributed by atoms with Crippen LogP contribution in [0.15, 0.2) is 82.6 Å². The number of carbonyl (C=O) groups excluding carboxylic acids is 1. The first-order valence-electron chi connectivity index (χ1n) is 10.5. The summed E-state index contributed by atoms with van der Waals surface area (Å²) in [6, 6.07) is 24.5. The van der Waals surface area contributed by atoms with Gasteiger partial charge in [0, 0.05) is 21.1 Å². The predicted molar refractivity (Wildman–Crippen MR) is 142 cm³/mol. The first kappa shape index (κ1) is 24.2. The molecule has 0 aliphatic heterocycles. The molecule has 35 heavy (non-hydrogen) atoms. The Bertz CT molecular complexity index is 1390. The van der Waals surface area contributed by atoms with Crippen molar-refractivity contribution in [1.82, 2.24) is 4.98 Å². The maximum Gasteiger partial charge on any atom is 0.262 e. The van der Waals surface area contributed by atoms with Crippen LogP contribution in [0.2, 0.25) is 0 Å². The molecule has 0 radical (unpaired) electrons. The van der Waals surface area contributed by atoms with Crippen LogP contribution >= 0.6 is 27.3 Å². The number of carbonyl (C=O) groups is 1. The van der Waals surface area contributed by atoms with Gasteiger partial charge in [0.2, 0.25) is 0 Å². The summed E-state index contributed by atoms with van der Waals surface area (Å²) in [6.07, 6.45) is 1.75. The minimum absolute atomic E-state index is 0.165. The van der Waals surface area contributed by atoms with Crippen LogP contribution in [0.4, 0.5) is 5.69 Å². The number of para-hydroxylation sites is 1. The lowest BCUT2D eigenvalue weighted by atomic mass is 10.1. The lowest BCUT2D eigenvalue weighted by Crippen LogP contribution is -2.20. The molecule has 4 aromatic rings. The lowest BCUT2D eigenvalue weighted by Gasteiger charge is -2.11. The fourth-order valence-corrected chi connectivity index (χ4v) is 4.27. The largest absolute Gasteiger partial charge is 0.493 e. The number of hydrogen-bond donors (Lipinski definition) is 1. The van der Waals surface area contributed by atoms with E-state index < -0.39 is 0 Å². The van der Waals surface area contributed by atoms with Crippen LogP contribution in [-0.4, -0.2) is 24.6 Å². The van der Waals surface area contributed by atoms with Gasteiger partial charge in [-0.05, 0) is 48.0 Å². The zero-order valence-electron chi connectivity index (χ0n) is 18.7. The maximum absolute atomic E-state index is 12.2. The number of hydrogen-bond acceptors (Lipinski definition) is 6. The van der Waals surface area contributed by atoms with Gasteiger partial charge in [-0.2, -0.15) is 5.26 Å². The summed E-state index contributed by atoms with van der Waals surface area (Å²) >= 11 is 4.84. The number of ether oxygens (including phenoxy) is 2. The van der Waals surface area contributed by atoms with Crippen LogP contribution in [0.3, 0.4) is 0 Å². The highest BCUT2D eigenvalue weighted by molar-refractivity contribution is 9.10. The number of halogens is 1. The summed E-state index contributed by atoms with van der Waals surface area (Å²) in [4.78, 5) is 16.8. The monoisotopic (exact) mass is 545 g/mol. The van der Waals surface area contributed by atoms with Crippen molar-refractivity contribution < 1.29 is 14.3 Å². The van der Waals surface area contributed by atoms with Crippen molar-refractivity contribution in [1.29, 1.82) is 5.26 Å². The Balaban J connectivity index is 1.47. The average molecular weight is 546 g/mol. The van der Waals surface area contributed by atoms with Gasteiger partial charge in [0.05, 0.1) is 18.4 Å². The molecule has 3 aromatic carbocycles. The first-order chi connectivity index (χ1) is 17.1. The Hall–Kier alpha value is -3.93. The molecule has 0 atom stereocenters. The van der Waals surface area contributed by atoms with E-state index >= 15 is 0 Å². The van der Waals surface area contributed by atoms with Crippen LogP contribution < -0.4 is 14.8 Å². The Labute approximate surface area is 215 Å². The summed E-state index contributed by atoms with van der Waals surface area (Å²) in [5, 5.41) is 15.1. The number of methoxy groups -OCH3 is 1. The highest BCUT2D eigenvalue weighted by Gasteiger charge is 2.12. The van der Waals surface area contributed by atoms with Crippen LogP contribution in [0.5, 0.6) is 11.5 Å². The molecule has 8 heteroatoms. The average Bonchev–Trinajstić information content (AvgIpc) is 3.37. The van der Waals surface area contributed by atoms with Gasteiger partial charge < -0.3 is 14.8 Å². The van der Waals surface area contributed by atoms with Crippen molar-refractivity contribution in [3.05, 3.63) is 93.2 Å². The SMILES string of the molecule is COc1cc(C=C(C#N)c2nc(-c3ccc(Br)cc3)cs2)ccc1OCC(=O)Nc1ccccc1. The molecule has 1 N–H and O–H groups in total. The second-order valence-corrected chi connectivity index (χ2v) is 9.10. The molecule has 0 bridgehead atoms. The third-order valence-corrected chi connectivity index (χ3v) is 6.31. The van der Waals surface area contributed by atoms with Gasteiger partial charge in [-0.15, -0.1) is 11.3 Å². The molecule has 0 fully saturated rings. The van der Waals surface area contributed by atoms with E-state index in [9.17, 15) is 10.1 Å². The number of benzene rings is 3. The second-order valence-electron chi connectivity index (χ2n) is 7.33. The molecule has 0 saturated carbocycles. The van der Waals surface area contributed by atoms with E-state index in [0.29, 0.717) is 27.8 Å². The topological polar surface area (TPSA) is 84.2 Å². The van der Waals surface area contributed by atoms with Gasteiger partial charge in [0.25, 0.3) is 5.91 Å². The van der Waals surface area contributed by atoms with Gasteiger partial charge in [-0.1, -0.05) is 52.3 Å². The first-order valence-corrected chi connectivity index (χ1v) is 12.2. The van der Waals surface area contributed by atoms with E-state index in [1.54, 1.807) is 36.4 Å². The van der Waals surface area contributed by atoms with Crippen molar-refractivity contribution in [2.24, 2.45) is 0 Å². The third-order valence-electron chi connectivity index (χ3n) is 4.91. The smallest absolute Gasteiger partial charge is 0.262 e. The van der Waals surface area contributed by atoms with Crippen molar-refractivity contribution >= 4 is 50.5 Å². The molecule has 1 aromatic heterocycles. The quantitative estimate of drug-likeness (QED) is 0.250. The molecule has 0 aliphatic rings. The standard InChI is InChI=1S/C27H20BrN3O3S/c1-33-25-14-18(7-12-24(25)34-16-26(32)30-22-5-3-2-4-6-22)13-20(15-29)27-31-23(17-35-27)19-8-10-21(28)11-9-19/h2-14,17H,16H2,1H3,(H,30,32). The van der Waals surface area contributed by atoms with Crippen LogP contribution in [0.25, 0.3) is 22.9 Å².